The Morgan fingerprint density at radius 1 is 1.14 bits per heavy atom. The van der Waals surface area contributed by atoms with Gasteiger partial charge in [0, 0.05) is 37.2 Å². The molecule has 0 saturated carbocycles. The molecule has 2 aromatic heterocycles. The van der Waals surface area contributed by atoms with Gasteiger partial charge in [-0.1, -0.05) is 49.2 Å². The van der Waals surface area contributed by atoms with E-state index in [2.05, 4.69) is 21.9 Å². The molecule has 3 aromatic rings. The average molecular weight is 376 g/mol. The summed E-state index contributed by atoms with van der Waals surface area (Å²) in [6.07, 6.45) is 6.62. The molecule has 144 valence electrons. The van der Waals surface area contributed by atoms with Crippen LogP contribution in [0.5, 0.6) is 0 Å². The number of rotatable bonds is 7. The molecule has 1 aromatic carbocycles. The summed E-state index contributed by atoms with van der Waals surface area (Å²) in [6.45, 7) is 5.04. The van der Waals surface area contributed by atoms with Gasteiger partial charge in [0.2, 0.25) is 0 Å². The van der Waals surface area contributed by atoms with Crippen LogP contribution >= 0.6 is 0 Å². The predicted octanol–water partition coefficient (Wildman–Crippen LogP) is 3.58. The first kappa shape index (κ1) is 19.5. The van der Waals surface area contributed by atoms with Gasteiger partial charge < -0.3 is 9.88 Å². The van der Waals surface area contributed by atoms with E-state index in [-0.39, 0.29) is 11.5 Å². The number of aromatic nitrogens is 3. The van der Waals surface area contributed by atoms with Gasteiger partial charge in [-0.15, -0.1) is 0 Å². The van der Waals surface area contributed by atoms with E-state index in [1.54, 1.807) is 17.3 Å². The zero-order valence-corrected chi connectivity index (χ0v) is 16.2. The Morgan fingerprint density at radius 3 is 2.57 bits per heavy atom. The quantitative estimate of drug-likeness (QED) is 0.683. The molecular weight excluding hydrogens is 352 g/mol. The second kappa shape index (κ2) is 9.08. The first-order chi connectivity index (χ1) is 13.6. The number of nitrogens with zero attached hydrogens (tertiary/aromatic N) is 3. The number of benzene rings is 1. The van der Waals surface area contributed by atoms with Crippen LogP contribution in [-0.4, -0.2) is 32.3 Å². The van der Waals surface area contributed by atoms with Crippen LogP contribution in [0.1, 0.15) is 41.3 Å². The van der Waals surface area contributed by atoms with E-state index in [4.69, 9.17) is 0 Å². The van der Waals surface area contributed by atoms with Crippen molar-refractivity contribution < 1.29 is 4.79 Å². The van der Waals surface area contributed by atoms with Crippen LogP contribution in [0.15, 0.2) is 59.8 Å². The van der Waals surface area contributed by atoms with E-state index < -0.39 is 5.56 Å². The van der Waals surface area contributed by atoms with E-state index in [0.29, 0.717) is 18.9 Å². The first-order valence-corrected chi connectivity index (χ1v) is 9.43. The molecule has 0 aliphatic carbocycles. The van der Waals surface area contributed by atoms with Gasteiger partial charge in [-0.25, -0.2) is 4.98 Å². The van der Waals surface area contributed by atoms with Crippen molar-refractivity contribution in [2.24, 2.45) is 0 Å². The predicted molar refractivity (Wildman–Crippen MR) is 109 cm³/mol. The maximum Gasteiger partial charge on any atom is 0.264 e. The lowest BCUT2D eigenvalue weighted by Crippen LogP contribution is -2.35. The van der Waals surface area contributed by atoms with E-state index >= 15 is 0 Å². The molecule has 0 radical (unpaired) electrons. The highest BCUT2D eigenvalue weighted by molar-refractivity contribution is 5.93. The third-order valence-corrected chi connectivity index (χ3v) is 4.52. The van der Waals surface area contributed by atoms with Crippen LogP contribution in [0.2, 0.25) is 0 Å². The van der Waals surface area contributed by atoms with Crippen molar-refractivity contribution in [3.05, 3.63) is 82.0 Å². The van der Waals surface area contributed by atoms with Crippen LogP contribution in [0.4, 0.5) is 0 Å². The number of nitrogens with one attached hydrogen (secondary N) is 1. The Kier molecular flexibility index (Phi) is 6.32. The van der Waals surface area contributed by atoms with Crippen LogP contribution in [0.3, 0.4) is 0 Å². The topological polar surface area (TPSA) is 79.0 Å². The van der Waals surface area contributed by atoms with Crippen molar-refractivity contribution in [1.82, 2.24) is 19.9 Å². The number of aromatic amines is 1. The zero-order chi connectivity index (χ0) is 19.9. The van der Waals surface area contributed by atoms with Crippen molar-refractivity contribution in [3.8, 4) is 11.4 Å². The minimum absolute atomic E-state index is 0.0517. The van der Waals surface area contributed by atoms with Gasteiger partial charge in [-0.3, -0.25) is 14.6 Å². The van der Waals surface area contributed by atoms with Crippen molar-refractivity contribution in [1.29, 1.82) is 0 Å². The molecule has 1 amide bonds. The highest BCUT2D eigenvalue weighted by Gasteiger charge is 2.20. The summed E-state index contributed by atoms with van der Waals surface area (Å²) in [5, 5.41) is 0. The molecule has 0 spiro atoms. The monoisotopic (exact) mass is 376 g/mol. The third kappa shape index (κ3) is 4.71. The number of unbranched alkanes of at least 4 members (excludes halogenated alkanes) is 1. The zero-order valence-electron chi connectivity index (χ0n) is 16.2. The normalized spacial score (nSPS) is 10.6. The summed E-state index contributed by atoms with van der Waals surface area (Å²) in [6, 6.07) is 11.4. The van der Waals surface area contributed by atoms with E-state index in [0.717, 1.165) is 29.5 Å². The summed E-state index contributed by atoms with van der Waals surface area (Å²) in [5.41, 5.74) is 2.48. The molecule has 6 heteroatoms. The second-order valence-corrected chi connectivity index (χ2v) is 6.78. The Balaban J connectivity index is 1.85. The van der Waals surface area contributed by atoms with Gasteiger partial charge >= 0.3 is 0 Å². The fraction of sp³-hybridized carbons (Fsp3) is 0.273. The summed E-state index contributed by atoms with van der Waals surface area (Å²) in [4.78, 5) is 38.4. The summed E-state index contributed by atoms with van der Waals surface area (Å²) in [5.74, 6) is 0.135. The lowest BCUT2D eigenvalue weighted by Gasteiger charge is -2.22. The molecule has 0 saturated heterocycles. The minimum Gasteiger partial charge on any atom is -0.334 e. The number of pyridine rings is 1. The lowest BCUT2D eigenvalue weighted by molar-refractivity contribution is 0.0738. The Bertz CT molecular complexity index is 981. The third-order valence-electron chi connectivity index (χ3n) is 4.52. The Morgan fingerprint density at radius 2 is 1.93 bits per heavy atom. The molecule has 3 rings (SSSR count). The fourth-order valence-electron chi connectivity index (χ4n) is 2.89. The van der Waals surface area contributed by atoms with Crippen LogP contribution in [-0.2, 0) is 6.54 Å². The highest BCUT2D eigenvalue weighted by Crippen LogP contribution is 2.15. The number of aryl methyl sites for hydroxylation is 1. The fourth-order valence-corrected chi connectivity index (χ4v) is 2.89. The number of carbonyl (C=O) groups is 1. The van der Waals surface area contributed by atoms with Gasteiger partial charge in [-0.2, -0.15) is 0 Å². The maximum absolute atomic E-state index is 13.0. The molecule has 0 bridgehead atoms. The van der Waals surface area contributed by atoms with Gasteiger partial charge in [0.05, 0.1) is 0 Å². The van der Waals surface area contributed by atoms with E-state index in [1.807, 2.05) is 43.3 Å². The summed E-state index contributed by atoms with van der Waals surface area (Å²) >= 11 is 0. The standard InChI is InChI=1S/C22H24N4O2/c1-3-4-12-26(15-17-6-5-11-23-13-17)22(28)19-14-24-20(25-21(19)27)18-9-7-16(2)8-10-18/h5-11,13-14H,3-4,12,15H2,1-2H3,(H,24,25,27). The van der Waals surface area contributed by atoms with E-state index in [1.165, 1.54) is 6.20 Å². The van der Waals surface area contributed by atoms with Crippen LogP contribution in [0, 0.1) is 6.92 Å². The molecular formula is C22H24N4O2. The minimum atomic E-state index is -0.428. The SMILES string of the molecule is CCCCN(Cc1cccnc1)C(=O)c1cnc(-c2ccc(C)cc2)[nH]c1=O. The molecule has 6 nitrogen and oxygen atoms in total. The average Bonchev–Trinajstić information content (AvgIpc) is 2.72. The van der Waals surface area contributed by atoms with Crippen molar-refractivity contribution in [2.45, 2.75) is 33.2 Å². The molecule has 0 aliphatic heterocycles. The highest BCUT2D eigenvalue weighted by atomic mass is 16.2. The molecule has 0 fully saturated rings. The maximum atomic E-state index is 13.0. The number of carbonyl (C=O) groups excluding carboxylic acids is 1. The molecule has 28 heavy (non-hydrogen) atoms. The Labute approximate surface area is 164 Å². The number of H-pyrrole nitrogens is 1. The number of hydrogen-bond donors (Lipinski definition) is 1. The van der Waals surface area contributed by atoms with Crippen molar-refractivity contribution in [3.63, 3.8) is 0 Å². The molecule has 2 heterocycles. The molecule has 0 atom stereocenters. The first-order valence-electron chi connectivity index (χ1n) is 9.43. The van der Waals surface area contributed by atoms with E-state index in [9.17, 15) is 9.59 Å². The molecule has 1 N–H and O–H groups in total. The lowest BCUT2D eigenvalue weighted by atomic mass is 10.1. The van der Waals surface area contributed by atoms with Gasteiger partial charge in [0.15, 0.2) is 0 Å². The summed E-state index contributed by atoms with van der Waals surface area (Å²) < 4.78 is 0. The largest absolute Gasteiger partial charge is 0.334 e. The molecule has 0 unspecified atom stereocenters. The van der Waals surface area contributed by atoms with Crippen LogP contribution in [0.25, 0.3) is 11.4 Å². The molecule has 0 aliphatic rings. The van der Waals surface area contributed by atoms with Crippen molar-refractivity contribution >= 4 is 5.91 Å². The Hall–Kier alpha value is -3.28. The number of hydrogen-bond acceptors (Lipinski definition) is 4. The smallest absolute Gasteiger partial charge is 0.264 e. The van der Waals surface area contributed by atoms with Gasteiger partial charge in [0.25, 0.3) is 11.5 Å². The van der Waals surface area contributed by atoms with Gasteiger partial charge in [0.1, 0.15) is 11.4 Å². The second-order valence-electron chi connectivity index (χ2n) is 6.78. The van der Waals surface area contributed by atoms with Crippen molar-refractivity contribution in [2.75, 3.05) is 6.54 Å². The number of amides is 1. The van der Waals surface area contributed by atoms with Crippen LogP contribution < -0.4 is 5.56 Å². The van der Waals surface area contributed by atoms with Gasteiger partial charge in [-0.05, 0) is 25.0 Å². The summed E-state index contributed by atoms with van der Waals surface area (Å²) in [7, 11) is 0.